The average Bonchev–Trinajstić information content (AvgIpc) is 3.14. The molecule has 0 amide bonds. The smallest absolute Gasteiger partial charge is 0.335 e. The molecule has 0 bridgehead atoms. The van der Waals surface area contributed by atoms with Gasteiger partial charge in [0.05, 0.1) is 11.5 Å². The van der Waals surface area contributed by atoms with E-state index in [2.05, 4.69) is 16.7 Å². The second kappa shape index (κ2) is 7.14. The lowest BCUT2D eigenvalue weighted by molar-refractivity contribution is -0.161. The molecule has 7 heteroatoms. The van der Waals surface area contributed by atoms with Crippen molar-refractivity contribution < 1.29 is 18.8 Å². The van der Waals surface area contributed by atoms with E-state index in [0.717, 1.165) is 4.88 Å². The lowest BCUT2D eigenvalue weighted by atomic mass is 10.3. The van der Waals surface area contributed by atoms with Crippen molar-refractivity contribution in [3.05, 3.63) is 36.1 Å². The van der Waals surface area contributed by atoms with Crippen LogP contribution in [0.4, 0.5) is 0 Å². The summed E-state index contributed by atoms with van der Waals surface area (Å²) in [7, 11) is 0. The van der Waals surface area contributed by atoms with E-state index in [9.17, 15) is 4.79 Å². The SMILES string of the molecule is C=CCOC(C)C(=O)OC(C)c1nc(-c2cccs2)no1. The predicted molar refractivity (Wildman–Crippen MR) is 77.7 cm³/mol. The number of carbonyl (C=O) groups excluding carboxylic acids is 1. The molecule has 6 nitrogen and oxygen atoms in total. The minimum absolute atomic E-state index is 0.252. The molecule has 0 aliphatic carbocycles. The van der Waals surface area contributed by atoms with Crippen LogP contribution in [0.25, 0.3) is 10.7 Å². The summed E-state index contributed by atoms with van der Waals surface area (Å²) in [5.74, 6) is 0.252. The van der Waals surface area contributed by atoms with E-state index in [1.807, 2.05) is 17.5 Å². The van der Waals surface area contributed by atoms with Gasteiger partial charge in [0, 0.05) is 0 Å². The Morgan fingerprint density at radius 1 is 1.57 bits per heavy atom. The van der Waals surface area contributed by atoms with Crippen LogP contribution in [0.15, 0.2) is 34.7 Å². The maximum atomic E-state index is 11.8. The highest BCUT2D eigenvalue weighted by Crippen LogP contribution is 2.24. The minimum Gasteiger partial charge on any atom is -0.451 e. The Hall–Kier alpha value is -1.99. The predicted octanol–water partition coefficient (Wildman–Crippen LogP) is 2.99. The van der Waals surface area contributed by atoms with Crippen LogP contribution < -0.4 is 0 Å². The monoisotopic (exact) mass is 308 g/mol. The van der Waals surface area contributed by atoms with Gasteiger partial charge in [-0.25, -0.2) is 4.79 Å². The molecule has 0 aliphatic heterocycles. The fraction of sp³-hybridized carbons (Fsp3) is 0.357. The van der Waals surface area contributed by atoms with Gasteiger partial charge in [-0.3, -0.25) is 0 Å². The number of hydrogen-bond acceptors (Lipinski definition) is 7. The highest BCUT2D eigenvalue weighted by Gasteiger charge is 2.23. The van der Waals surface area contributed by atoms with Crippen LogP contribution >= 0.6 is 11.3 Å². The van der Waals surface area contributed by atoms with Gasteiger partial charge in [-0.2, -0.15) is 4.98 Å². The second-order valence-electron chi connectivity index (χ2n) is 4.28. The van der Waals surface area contributed by atoms with Gasteiger partial charge in [-0.15, -0.1) is 17.9 Å². The fourth-order valence-corrected chi connectivity index (χ4v) is 2.16. The molecule has 2 rings (SSSR count). The lowest BCUT2D eigenvalue weighted by Gasteiger charge is -2.14. The quantitative estimate of drug-likeness (QED) is 0.578. The molecule has 0 aliphatic rings. The van der Waals surface area contributed by atoms with E-state index in [4.69, 9.17) is 14.0 Å². The highest BCUT2D eigenvalue weighted by atomic mass is 32.1. The summed E-state index contributed by atoms with van der Waals surface area (Å²) in [5.41, 5.74) is 0. The summed E-state index contributed by atoms with van der Waals surface area (Å²) in [4.78, 5) is 16.9. The van der Waals surface area contributed by atoms with Gasteiger partial charge in [0.2, 0.25) is 5.82 Å². The molecule has 0 saturated heterocycles. The molecule has 0 N–H and O–H groups in total. The molecule has 2 aromatic heterocycles. The number of carbonyl (C=O) groups is 1. The molecular formula is C14H16N2O4S. The number of hydrogen-bond donors (Lipinski definition) is 0. The first kappa shape index (κ1) is 15.4. The summed E-state index contributed by atoms with van der Waals surface area (Å²) in [6.45, 7) is 7.09. The van der Waals surface area contributed by atoms with Crippen molar-refractivity contribution in [2.45, 2.75) is 26.1 Å². The first-order valence-corrected chi connectivity index (χ1v) is 7.30. The van der Waals surface area contributed by atoms with Gasteiger partial charge in [0.15, 0.2) is 12.2 Å². The molecule has 112 valence electrons. The molecule has 21 heavy (non-hydrogen) atoms. The third-order valence-electron chi connectivity index (χ3n) is 2.62. The Labute approximate surface area is 126 Å². The number of aromatic nitrogens is 2. The van der Waals surface area contributed by atoms with Crippen LogP contribution in [0, 0.1) is 0 Å². The van der Waals surface area contributed by atoms with Crippen LogP contribution in [0.3, 0.4) is 0 Å². The Balaban J connectivity index is 1.96. The molecule has 0 saturated carbocycles. The van der Waals surface area contributed by atoms with Crippen LogP contribution in [0.1, 0.15) is 25.8 Å². The first-order chi connectivity index (χ1) is 10.1. The third kappa shape index (κ3) is 3.99. The molecule has 0 aromatic carbocycles. The van der Waals surface area contributed by atoms with Crippen LogP contribution in [-0.4, -0.2) is 28.8 Å². The molecule has 2 aromatic rings. The molecule has 0 fully saturated rings. The van der Waals surface area contributed by atoms with Crippen LogP contribution in [-0.2, 0) is 14.3 Å². The van der Waals surface area contributed by atoms with Crippen LogP contribution in [0.5, 0.6) is 0 Å². The average molecular weight is 308 g/mol. The number of esters is 1. The second-order valence-corrected chi connectivity index (χ2v) is 5.22. The van der Waals surface area contributed by atoms with E-state index in [-0.39, 0.29) is 12.5 Å². The van der Waals surface area contributed by atoms with E-state index in [1.165, 1.54) is 11.3 Å². The van der Waals surface area contributed by atoms with Crippen molar-refractivity contribution >= 4 is 17.3 Å². The maximum Gasteiger partial charge on any atom is 0.335 e. The fourth-order valence-electron chi connectivity index (χ4n) is 1.51. The zero-order valence-electron chi connectivity index (χ0n) is 11.8. The van der Waals surface area contributed by atoms with Crippen molar-refractivity contribution in [3.63, 3.8) is 0 Å². The van der Waals surface area contributed by atoms with Gasteiger partial charge in [-0.1, -0.05) is 17.3 Å². The number of rotatable bonds is 7. The zero-order valence-corrected chi connectivity index (χ0v) is 12.6. The van der Waals surface area contributed by atoms with Crippen molar-refractivity contribution in [1.82, 2.24) is 10.1 Å². The van der Waals surface area contributed by atoms with Crippen molar-refractivity contribution in [3.8, 4) is 10.7 Å². The Bertz CT molecular complexity index is 594. The van der Waals surface area contributed by atoms with E-state index in [0.29, 0.717) is 5.82 Å². The van der Waals surface area contributed by atoms with Crippen LogP contribution in [0.2, 0.25) is 0 Å². The van der Waals surface area contributed by atoms with Gasteiger partial charge in [-0.05, 0) is 25.3 Å². The van der Waals surface area contributed by atoms with Crippen molar-refractivity contribution in [2.75, 3.05) is 6.61 Å². The molecule has 0 spiro atoms. The number of nitrogens with zero attached hydrogens (tertiary/aromatic N) is 2. The molecule has 0 radical (unpaired) electrons. The molecule has 2 unspecified atom stereocenters. The van der Waals surface area contributed by atoms with Gasteiger partial charge >= 0.3 is 5.97 Å². The normalized spacial score (nSPS) is 13.6. The summed E-state index contributed by atoms with van der Waals surface area (Å²) in [5, 5.41) is 5.79. The Morgan fingerprint density at radius 2 is 2.38 bits per heavy atom. The largest absolute Gasteiger partial charge is 0.451 e. The summed E-state index contributed by atoms with van der Waals surface area (Å²) in [6, 6.07) is 3.79. The Kier molecular flexibility index (Phi) is 5.24. The Morgan fingerprint density at radius 3 is 3.05 bits per heavy atom. The van der Waals surface area contributed by atoms with Gasteiger partial charge < -0.3 is 14.0 Å². The van der Waals surface area contributed by atoms with Gasteiger partial charge in [0.1, 0.15) is 0 Å². The van der Waals surface area contributed by atoms with E-state index >= 15 is 0 Å². The molecule has 2 heterocycles. The van der Waals surface area contributed by atoms with Crippen molar-refractivity contribution in [2.24, 2.45) is 0 Å². The summed E-state index contributed by atoms with van der Waals surface area (Å²) < 4.78 is 15.6. The standard InChI is InChI=1S/C14H16N2O4S/c1-4-7-18-10(3)14(17)19-9(2)13-15-12(16-20-13)11-6-5-8-21-11/h4-6,8-10H,1,7H2,2-3H3. The third-order valence-corrected chi connectivity index (χ3v) is 3.49. The van der Waals surface area contributed by atoms with E-state index < -0.39 is 18.2 Å². The van der Waals surface area contributed by atoms with Crippen molar-refractivity contribution in [1.29, 1.82) is 0 Å². The maximum absolute atomic E-state index is 11.8. The first-order valence-electron chi connectivity index (χ1n) is 6.42. The summed E-state index contributed by atoms with van der Waals surface area (Å²) >= 11 is 1.51. The molecule has 2 atom stereocenters. The molecular weight excluding hydrogens is 292 g/mol. The summed E-state index contributed by atoms with van der Waals surface area (Å²) in [6.07, 6.45) is 0.261. The lowest BCUT2D eigenvalue weighted by Crippen LogP contribution is -2.24. The minimum atomic E-state index is -0.676. The number of ether oxygens (including phenoxy) is 2. The highest BCUT2D eigenvalue weighted by molar-refractivity contribution is 7.13. The van der Waals surface area contributed by atoms with Gasteiger partial charge in [0.25, 0.3) is 5.89 Å². The number of thiophene rings is 1. The van der Waals surface area contributed by atoms with E-state index in [1.54, 1.807) is 19.9 Å². The zero-order chi connectivity index (χ0) is 15.2. The topological polar surface area (TPSA) is 74.5 Å².